The zero-order valence-electron chi connectivity index (χ0n) is 12.7. The fourth-order valence-electron chi connectivity index (χ4n) is 2.75. The second kappa shape index (κ2) is 6.26. The molecule has 1 fully saturated rings. The Balaban J connectivity index is 1.72. The van der Waals surface area contributed by atoms with Gasteiger partial charge in [0.1, 0.15) is 11.4 Å². The molecule has 1 saturated heterocycles. The number of aliphatic hydroxyl groups is 1. The zero-order chi connectivity index (χ0) is 16.6. The number of alkyl halides is 3. The maximum Gasteiger partial charge on any atom is 0.433 e. The molecule has 0 radical (unpaired) electrons. The molecule has 3 heterocycles. The molecule has 4 nitrogen and oxygen atoms in total. The van der Waals surface area contributed by atoms with E-state index in [-0.39, 0.29) is 6.10 Å². The van der Waals surface area contributed by atoms with Crippen molar-refractivity contribution >= 4 is 11.3 Å². The van der Waals surface area contributed by atoms with Crippen molar-refractivity contribution in [2.75, 3.05) is 13.1 Å². The highest BCUT2D eigenvalue weighted by Crippen LogP contribution is 2.34. The number of halogens is 3. The normalized spacial score (nSPS) is 17.8. The molecule has 2 aromatic heterocycles. The summed E-state index contributed by atoms with van der Waals surface area (Å²) in [6, 6.07) is 4.85. The summed E-state index contributed by atoms with van der Waals surface area (Å²) < 4.78 is 39.4. The topological polar surface area (TPSA) is 41.3 Å². The Morgan fingerprint density at radius 1 is 1.30 bits per heavy atom. The van der Waals surface area contributed by atoms with Gasteiger partial charge in [0, 0.05) is 31.6 Å². The van der Waals surface area contributed by atoms with E-state index in [4.69, 9.17) is 0 Å². The molecule has 0 aliphatic carbocycles. The number of aromatic nitrogens is 2. The average Bonchev–Trinajstić information content (AvgIpc) is 3.07. The van der Waals surface area contributed by atoms with Crippen LogP contribution in [0.3, 0.4) is 0 Å². The van der Waals surface area contributed by atoms with E-state index >= 15 is 0 Å². The highest BCUT2D eigenvalue weighted by molar-refractivity contribution is 7.15. The van der Waals surface area contributed by atoms with Crippen LogP contribution in [0, 0.1) is 0 Å². The lowest BCUT2D eigenvalue weighted by Gasteiger charge is -2.28. The van der Waals surface area contributed by atoms with E-state index in [2.05, 4.69) is 10.00 Å². The van der Waals surface area contributed by atoms with Gasteiger partial charge in [0.2, 0.25) is 0 Å². The summed E-state index contributed by atoms with van der Waals surface area (Å²) in [7, 11) is 1.31. The van der Waals surface area contributed by atoms with Crippen molar-refractivity contribution in [1.29, 1.82) is 0 Å². The Morgan fingerprint density at radius 2 is 2.00 bits per heavy atom. The van der Waals surface area contributed by atoms with E-state index in [1.54, 1.807) is 0 Å². The Bertz CT molecular complexity index is 672. The number of nitrogens with zero attached hydrogens (tertiary/aromatic N) is 3. The highest BCUT2D eigenvalue weighted by atomic mass is 32.1. The summed E-state index contributed by atoms with van der Waals surface area (Å²) in [6.07, 6.45) is -3.06. The molecule has 0 saturated carbocycles. The number of rotatable bonds is 3. The van der Waals surface area contributed by atoms with Gasteiger partial charge < -0.3 is 5.11 Å². The molecule has 8 heteroatoms. The Hall–Kier alpha value is -1.38. The van der Waals surface area contributed by atoms with Crippen LogP contribution in [0.4, 0.5) is 13.2 Å². The lowest BCUT2D eigenvalue weighted by atomic mass is 10.1. The van der Waals surface area contributed by atoms with Crippen LogP contribution in [0.1, 0.15) is 23.4 Å². The number of likely N-dealkylation sites (tertiary alicyclic amines) is 1. The minimum absolute atomic E-state index is 0.209. The van der Waals surface area contributed by atoms with Crippen molar-refractivity contribution in [3.63, 3.8) is 0 Å². The van der Waals surface area contributed by atoms with Crippen molar-refractivity contribution in [2.45, 2.75) is 31.7 Å². The van der Waals surface area contributed by atoms with Gasteiger partial charge in [-0.1, -0.05) is 0 Å². The molecular formula is C15H18F3N3OS. The van der Waals surface area contributed by atoms with Crippen LogP contribution in [0.15, 0.2) is 18.2 Å². The first-order valence-corrected chi connectivity index (χ1v) is 8.25. The van der Waals surface area contributed by atoms with Gasteiger partial charge in [-0.25, -0.2) is 0 Å². The summed E-state index contributed by atoms with van der Waals surface area (Å²) in [5, 5.41) is 13.5. The van der Waals surface area contributed by atoms with Crippen molar-refractivity contribution < 1.29 is 18.3 Å². The number of aryl methyl sites for hydroxylation is 1. The molecule has 0 amide bonds. The van der Waals surface area contributed by atoms with Crippen molar-refractivity contribution in [3.05, 3.63) is 28.8 Å². The van der Waals surface area contributed by atoms with Crippen molar-refractivity contribution in [3.8, 4) is 10.6 Å². The maximum absolute atomic E-state index is 12.8. The second-order valence-electron chi connectivity index (χ2n) is 5.81. The van der Waals surface area contributed by atoms with Crippen LogP contribution in [-0.4, -0.2) is 39.0 Å². The van der Waals surface area contributed by atoms with Gasteiger partial charge >= 0.3 is 6.18 Å². The van der Waals surface area contributed by atoms with Gasteiger partial charge in [-0.15, -0.1) is 11.3 Å². The summed E-state index contributed by atoms with van der Waals surface area (Å²) in [6.45, 7) is 2.45. The molecule has 0 atom stereocenters. The molecule has 0 aromatic carbocycles. The smallest absolute Gasteiger partial charge is 0.393 e. The molecule has 1 aliphatic rings. The van der Waals surface area contributed by atoms with Crippen LogP contribution in [0.2, 0.25) is 0 Å². The van der Waals surface area contributed by atoms with E-state index < -0.39 is 11.9 Å². The van der Waals surface area contributed by atoms with Crippen LogP contribution in [0.25, 0.3) is 10.6 Å². The predicted molar refractivity (Wildman–Crippen MR) is 82.0 cm³/mol. The van der Waals surface area contributed by atoms with Gasteiger partial charge in [0.15, 0.2) is 0 Å². The first-order valence-electron chi connectivity index (χ1n) is 7.43. The highest BCUT2D eigenvalue weighted by Gasteiger charge is 2.35. The molecule has 23 heavy (non-hydrogen) atoms. The monoisotopic (exact) mass is 345 g/mol. The summed E-state index contributed by atoms with van der Waals surface area (Å²) in [5.41, 5.74) is -0.391. The third-order valence-electron chi connectivity index (χ3n) is 4.02. The van der Waals surface area contributed by atoms with Gasteiger partial charge in [-0.3, -0.25) is 9.58 Å². The fraction of sp³-hybridized carbons (Fsp3) is 0.533. The largest absolute Gasteiger partial charge is 0.433 e. The van der Waals surface area contributed by atoms with E-state index in [0.29, 0.717) is 5.69 Å². The molecule has 1 N–H and O–H groups in total. The molecule has 3 rings (SSSR count). The Labute approximate surface area is 136 Å². The molecule has 0 bridgehead atoms. The fourth-order valence-corrected chi connectivity index (χ4v) is 3.76. The van der Waals surface area contributed by atoms with E-state index in [1.807, 2.05) is 12.1 Å². The number of thiophene rings is 1. The number of piperidine rings is 1. The first-order chi connectivity index (χ1) is 10.8. The average molecular weight is 345 g/mol. The lowest BCUT2D eigenvalue weighted by molar-refractivity contribution is -0.143. The zero-order valence-corrected chi connectivity index (χ0v) is 13.5. The third-order valence-corrected chi connectivity index (χ3v) is 5.11. The molecule has 0 spiro atoms. The molecule has 0 unspecified atom stereocenters. The summed E-state index contributed by atoms with van der Waals surface area (Å²) >= 11 is 1.47. The molecule has 2 aromatic rings. The van der Waals surface area contributed by atoms with Gasteiger partial charge in [-0.05, 0) is 31.0 Å². The van der Waals surface area contributed by atoms with E-state index in [9.17, 15) is 18.3 Å². The second-order valence-corrected chi connectivity index (χ2v) is 6.98. The van der Waals surface area contributed by atoms with Crippen LogP contribution < -0.4 is 0 Å². The predicted octanol–water partition coefficient (Wildman–Crippen LogP) is 3.12. The Kier molecular flexibility index (Phi) is 4.48. The van der Waals surface area contributed by atoms with E-state index in [1.165, 1.54) is 18.4 Å². The number of aliphatic hydroxyl groups excluding tert-OH is 1. The van der Waals surface area contributed by atoms with Crippen LogP contribution in [-0.2, 0) is 19.8 Å². The minimum Gasteiger partial charge on any atom is -0.393 e. The van der Waals surface area contributed by atoms with Crippen molar-refractivity contribution in [2.24, 2.45) is 7.05 Å². The van der Waals surface area contributed by atoms with Crippen molar-refractivity contribution in [1.82, 2.24) is 14.7 Å². The van der Waals surface area contributed by atoms with Gasteiger partial charge in [0.25, 0.3) is 0 Å². The lowest BCUT2D eigenvalue weighted by Crippen LogP contribution is -2.35. The third kappa shape index (κ3) is 3.76. The molecular weight excluding hydrogens is 327 g/mol. The number of hydrogen-bond donors (Lipinski definition) is 1. The Morgan fingerprint density at radius 3 is 2.61 bits per heavy atom. The van der Waals surface area contributed by atoms with Crippen LogP contribution >= 0.6 is 11.3 Å². The summed E-state index contributed by atoms with van der Waals surface area (Å²) in [5.74, 6) is 0. The van der Waals surface area contributed by atoms with Gasteiger partial charge in [0.05, 0.1) is 11.0 Å². The molecule has 126 valence electrons. The first kappa shape index (κ1) is 16.5. The standard InChI is InChI=1S/C15H18F3N3OS/c1-20-14(15(16,17)18)8-12(19-20)13-3-2-11(23-13)9-21-6-4-10(22)5-7-21/h2-3,8,10,22H,4-7,9H2,1H3. The van der Waals surface area contributed by atoms with Gasteiger partial charge in [-0.2, -0.15) is 18.3 Å². The quantitative estimate of drug-likeness (QED) is 0.929. The van der Waals surface area contributed by atoms with Crippen LogP contribution in [0.5, 0.6) is 0 Å². The maximum atomic E-state index is 12.8. The molecule has 1 aliphatic heterocycles. The van der Waals surface area contributed by atoms with E-state index in [0.717, 1.165) is 53.0 Å². The minimum atomic E-state index is -4.39. The number of hydrogen-bond acceptors (Lipinski definition) is 4. The SMILES string of the molecule is Cn1nc(-c2ccc(CN3CCC(O)CC3)s2)cc1C(F)(F)F. The summed E-state index contributed by atoms with van der Waals surface area (Å²) in [4.78, 5) is 4.08.